The van der Waals surface area contributed by atoms with Crippen molar-refractivity contribution in [3.05, 3.63) is 24.3 Å². The molecule has 1 heterocycles. The summed E-state index contributed by atoms with van der Waals surface area (Å²) in [5, 5.41) is 9.51. The molecule has 1 aliphatic rings. The number of nitrogens with two attached hydrogens (primary N) is 1. The van der Waals surface area contributed by atoms with Gasteiger partial charge in [-0.3, -0.25) is 4.79 Å². The molecule has 0 bridgehead atoms. The Balaban J connectivity index is 1.91. The number of piperazine rings is 1. The lowest BCUT2D eigenvalue weighted by Crippen LogP contribution is -2.53. The molecule has 110 valence electrons. The van der Waals surface area contributed by atoms with E-state index >= 15 is 0 Å². The molecule has 1 aromatic rings. The van der Waals surface area contributed by atoms with Crippen molar-refractivity contribution < 1.29 is 9.90 Å². The van der Waals surface area contributed by atoms with Gasteiger partial charge < -0.3 is 20.6 Å². The number of rotatable bonds is 4. The maximum atomic E-state index is 12.1. The van der Waals surface area contributed by atoms with E-state index in [0.717, 1.165) is 31.6 Å². The summed E-state index contributed by atoms with van der Waals surface area (Å²) in [6, 6.07) is 6.85. The Kier molecular flexibility index (Phi) is 4.84. The Morgan fingerprint density at radius 1 is 1.35 bits per heavy atom. The molecule has 1 amide bonds. The predicted molar refractivity (Wildman–Crippen MR) is 79.8 cm³/mol. The zero-order chi connectivity index (χ0) is 14.5. The van der Waals surface area contributed by atoms with E-state index < -0.39 is 0 Å². The van der Waals surface area contributed by atoms with E-state index in [1.807, 2.05) is 24.0 Å². The number of amides is 1. The SMILES string of the molecule is CCCC(N)C(=O)N1CCN(c2cccc(O)c2)CC1. The van der Waals surface area contributed by atoms with Gasteiger partial charge >= 0.3 is 0 Å². The Morgan fingerprint density at radius 3 is 2.65 bits per heavy atom. The molecule has 1 atom stereocenters. The van der Waals surface area contributed by atoms with Gasteiger partial charge in [0.25, 0.3) is 0 Å². The van der Waals surface area contributed by atoms with Crippen LogP contribution in [0, 0.1) is 0 Å². The summed E-state index contributed by atoms with van der Waals surface area (Å²) >= 11 is 0. The first kappa shape index (κ1) is 14.7. The number of nitrogens with zero attached hydrogens (tertiary/aromatic N) is 2. The summed E-state index contributed by atoms with van der Waals surface area (Å²) in [5.74, 6) is 0.327. The zero-order valence-corrected chi connectivity index (χ0v) is 12.0. The van der Waals surface area contributed by atoms with Gasteiger partial charge in [0.1, 0.15) is 5.75 Å². The highest BCUT2D eigenvalue weighted by Gasteiger charge is 2.24. The third-order valence-electron chi connectivity index (χ3n) is 3.70. The average molecular weight is 277 g/mol. The quantitative estimate of drug-likeness (QED) is 0.866. The van der Waals surface area contributed by atoms with E-state index in [4.69, 9.17) is 5.73 Å². The summed E-state index contributed by atoms with van der Waals surface area (Å²) in [6.45, 7) is 4.95. The molecule has 2 rings (SSSR count). The molecule has 5 nitrogen and oxygen atoms in total. The van der Waals surface area contributed by atoms with Crippen LogP contribution >= 0.6 is 0 Å². The lowest BCUT2D eigenvalue weighted by Gasteiger charge is -2.37. The Morgan fingerprint density at radius 2 is 2.05 bits per heavy atom. The van der Waals surface area contributed by atoms with E-state index in [-0.39, 0.29) is 17.7 Å². The molecule has 1 fully saturated rings. The van der Waals surface area contributed by atoms with Crippen LogP contribution in [0.4, 0.5) is 5.69 Å². The van der Waals surface area contributed by atoms with Crippen LogP contribution in [0.15, 0.2) is 24.3 Å². The van der Waals surface area contributed by atoms with Crippen LogP contribution in [-0.4, -0.2) is 48.1 Å². The van der Waals surface area contributed by atoms with E-state index in [1.54, 1.807) is 12.1 Å². The Hall–Kier alpha value is -1.75. The second kappa shape index (κ2) is 6.61. The van der Waals surface area contributed by atoms with Gasteiger partial charge in [0.2, 0.25) is 5.91 Å². The lowest BCUT2D eigenvalue weighted by atomic mass is 10.1. The van der Waals surface area contributed by atoms with Gasteiger partial charge in [0.15, 0.2) is 0 Å². The Bertz CT molecular complexity index is 456. The van der Waals surface area contributed by atoms with Gasteiger partial charge in [0, 0.05) is 37.9 Å². The third-order valence-corrected chi connectivity index (χ3v) is 3.70. The zero-order valence-electron chi connectivity index (χ0n) is 12.0. The van der Waals surface area contributed by atoms with Gasteiger partial charge in [-0.15, -0.1) is 0 Å². The largest absolute Gasteiger partial charge is 0.508 e. The fraction of sp³-hybridized carbons (Fsp3) is 0.533. The molecule has 0 saturated carbocycles. The van der Waals surface area contributed by atoms with Crippen LogP contribution < -0.4 is 10.6 Å². The van der Waals surface area contributed by atoms with Gasteiger partial charge in [0.05, 0.1) is 6.04 Å². The van der Waals surface area contributed by atoms with Crippen LogP contribution in [0.2, 0.25) is 0 Å². The fourth-order valence-electron chi connectivity index (χ4n) is 2.54. The first-order chi connectivity index (χ1) is 9.61. The van der Waals surface area contributed by atoms with Crippen molar-refractivity contribution in [3.63, 3.8) is 0 Å². The highest BCUT2D eigenvalue weighted by molar-refractivity contribution is 5.81. The maximum Gasteiger partial charge on any atom is 0.239 e. The smallest absolute Gasteiger partial charge is 0.239 e. The first-order valence-corrected chi connectivity index (χ1v) is 7.20. The van der Waals surface area contributed by atoms with Gasteiger partial charge in [-0.1, -0.05) is 19.4 Å². The van der Waals surface area contributed by atoms with Crippen LogP contribution in [0.25, 0.3) is 0 Å². The van der Waals surface area contributed by atoms with Crippen molar-refractivity contribution >= 4 is 11.6 Å². The molecule has 0 aromatic heterocycles. The molecule has 1 saturated heterocycles. The topological polar surface area (TPSA) is 69.8 Å². The molecule has 1 aromatic carbocycles. The lowest BCUT2D eigenvalue weighted by molar-refractivity contribution is -0.133. The van der Waals surface area contributed by atoms with Crippen molar-refractivity contribution in [1.82, 2.24) is 4.90 Å². The van der Waals surface area contributed by atoms with Crippen molar-refractivity contribution in [2.45, 2.75) is 25.8 Å². The normalized spacial score (nSPS) is 17.1. The summed E-state index contributed by atoms with van der Waals surface area (Å²) in [7, 11) is 0. The number of carbonyl (C=O) groups is 1. The summed E-state index contributed by atoms with van der Waals surface area (Å²) in [4.78, 5) is 16.2. The number of benzene rings is 1. The number of hydrogen-bond acceptors (Lipinski definition) is 4. The van der Waals surface area contributed by atoms with E-state index in [9.17, 15) is 9.90 Å². The fourth-order valence-corrected chi connectivity index (χ4v) is 2.54. The van der Waals surface area contributed by atoms with E-state index in [1.165, 1.54) is 0 Å². The molecule has 5 heteroatoms. The van der Waals surface area contributed by atoms with Crippen molar-refractivity contribution in [2.75, 3.05) is 31.1 Å². The molecule has 20 heavy (non-hydrogen) atoms. The highest BCUT2D eigenvalue weighted by atomic mass is 16.3. The molecule has 1 aliphatic heterocycles. The monoisotopic (exact) mass is 277 g/mol. The minimum absolute atomic E-state index is 0.0578. The average Bonchev–Trinajstić information content (AvgIpc) is 2.47. The van der Waals surface area contributed by atoms with E-state index in [2.05, 4.69) is 4.90 Å². The van der Waals surface area contributed by atoms with Gasteiger partial charge in [-0.2, -0.15) is 0 Å². The second-order valence-electron chi connectivity index (χ2n) is 5.23. The maximum absolute atomic E-state index is 12.1. The number of aromatic hydroxyl groups is 1. The molecule has 3 N–H and O–H groups in total. The van der Waals surface area contributed by atoms with Gasteiger partial charge in [-0.25, -0.2) is 0 Å². The predicted octanol–water partition coefficient (Wildman–Crippen LogP) is 1.17. The second-order valence-corrected chi connectivity index (χ2v) is 5.23. The van der Waals surface area contributed by atoms with Crippen molar-refractivity contribution in [3.8, 4) is 5.75 Å². The number of anilines is 1. The minimum atomic E-state index is -0.368. The first-order valence-electron chi connectivity index (χ1n) is 7.20. The highest BCUT2D eigenvalue weighted by Crippen LogP contribution is 2.21. The number of phenolic OH excluding ortho intramolecular Hbond substituents is 1. The van der Waals surface area contributed by atoms with Crippen molar-refractivity contribution in [1.29, 1.82) is 0 Å². The number of carbonyl (C=O) groups excluding carboxylic acids is 1. The van der Waals surface area contributed by atoms with Gasteiger partial charge in [-0.05, 0) is 18.6 Å². The number of hydrogen-bond donors (Lipinski definition) is 2. The molecule has 1 unspecified atom stereocenters. The van der Waals surface area contributed by atoms with Crippen LogP contribution in [0.5, 0.6) is 5.75 Å². The van der Waals surface area contributed by atoms with E-state index in [0.29, 0.717) is 13.1 Å². The van der Waals surface area contributed by atoms with Crippen molar-refractivity contribution in [2.24, 2.45) is 5.73 Å². The Labute approximate surface area is 120 Å². The van der Waals surface area contributed by atoms with Crippen LogP contribution in [0.3, 0.4) is 0 Å². The molecular formula is C15H23N3O2. The summed E-state index contributed by atoms with van der Waals surface area (Å²) < 4.78 is 0. The number of phenols is 1. The summed E-state index contributed by atoms with van der Waals surface area (Å²) in [5.41, 5.74) is 6.88. The molecule has 0 radical (unpaired) electrons. The molecular weight excluding hydrogens is 254 g/mol. The summed E-state index contributed by atoms with van der Waals surface area (Å²) in [6.07, 6.45) is 1.67. The van der Waals surface area contributed by atoms with Crippen LogP contribution in [0.1, 0.15) is 19.8 Å². The standard InChI is InChI=1S/C15H23N3O2/c1-2-4-14(16)15(20)18-9-7-17(8-10-18)12-5-3-6-13(19)11-12/h3,5-6,11,14,19H,2,4,7-10,16H2,1H3. The third kappa shape index (κ3) is 3.42. The van der Waals surface area contributed by atoms with Crippen LogP contribution in [-0.2, 0) is 4.79 Å². The molecule has 0 spiro atoms. The molecule has 0 aliphatic carbocycles. The minimum Gasteiger partial charge on any atom is -0.508 e.